The normalized spacial score (nSPS) is 45.1. The van der Waals surface area contributed by atoms with E-state index in [4.69, 9.17) is 14.2 Å². The van der Waals surface area contributed by atoms with Gasteiger partial charge in [0, 0.05) is 0 Å². The van der Waals surface area contributed by atoms with Crippen LogP contribution in [0.25, 0.3) is 0 Å². The first kappa shape index (κ1) is 10.1. The molecule has 2 aliphatic rings. The minimum atomic E-state index is -0.883. The lowest BCUT2D eigenvalue weighted by Crippen LogP contribution is -2.29. The molecule has 2 aliphatic heterocycles. The van der Waals surface area contributed by atoms with Crippen LogP contribution in [0.4, 0.5) is 0 Å². The molecule has 2 rings (SSSR count). The van der Waals surface area contributed by atoms with Crippen LogP contribution in [0.1, 0.15) is 20.3 Å². The van der Waals surface area contributed by atoms with Crippen molar-refractivity contribution in [2.24, 2.45) is 0 Å². The van der Waals surface area contributed by atoms with Gasteiger partial charge in [0.1, 0.15) is 12.2 Å². The second kappa shape index (κ2) is 3.31. The van der Waals surface area contributed by atoms with E-state index in [9.17, 15) is 5.11 Å². The molecule has 0 amide bonds. The summed E-state index contributed by atoms with van der Waals surface area (Å²) in [6.45, 7) is 7.31. The van der Waals surface area contributed by atoms with Crippen LogP contribution < -0.4 is 0 Å². The highest BCUT2D eigenvalue weighted by Gasteiger charge is 2.54. The van der Waals surface area contributed by atoms with Crippen molar-refractivity contribution in [3.8, 4) is 0 Å². The number of aliphatic hydroxyl groups excluding tert-OH is 1. The first-order valence-corrected chi connectivity index (χ1v) is 4.83. The Bertz CT molecular complexity index is 238. The van der Waals surface area contributed by atoms with Gasteiger partial charge in [-0.3, -0.25) is 0 Å². The minimum absolute atomic E-state index is 0.144. The van der Waals surface area contributed by atoms with E-state index in [1.165, 1.54) is 0 Å². The first-order chi connectivity index (χ1) is 6.53. The standard InChI is InChI=1S/C10H16O4/c1-4-5-6-7-8(9(11)12-6)14-10(2,3)13-7/h4,6-9,11H,1,5H2,2-3H3/t6?,7-,8+,9?/m1/s1. The zero-order valence-electron chi connectivity index (χ0n) is 8.47. The Balaban J connectivity index is 2.10. The van der Waals surface area contributed by atoms with Gasteiger partial charge in [0.25, 0.3) is 0 Å². The monoisotopic (exact) mass is 200 g/mol. The van der Waals surface area contributed by atoms with E-state index in [0.29, 0.717) is 6.42 Å². The van der Waals surface area contributed by atoms with Crippen molar-refractivity contribution in [2.75, 3.05) is 0 Å². The second-order valence-corrected chi connectivity index (χ2v) is 4.15. The van der Waals surface area contributed by atoms with Crippen molar-refractivity contribution >= 4 is 0 Å². The molecule has 0 aromatic rings. The summed E-state index contributed by atoms with van der Waals surface area (Å²) in [5, 5.41) is 9.57. The maximum atomic E-state index is 9.57. The molecule has 4 atom stereocenters. The summed E-state index contributed by atoms with van der Waals surface area (Å²) in [5.41, 5.74) is 0. The van der Waals surface area contributed by atoms with Crippen molar-refractivity contribution in [2.45, 2.75) is 50.7 Å². The average molecular weight is 200 g/mol. The van der Waals surface area contributed by atoms with Crippen molar-refractivity contribution in [1.29, 1.82) is 0 Å². The summed E-state index contributed by atoms with van der Waals surface area (Å²) in [6, 6.07) is 0. The van der Waals surface area contributed by atoms with Gasteiger partial charge in [0.15, 0.2) is 12.1 Å². The fraction of sp³-hybridized carbons (Fsp3) is 0.800. The summed E-state index contributed by atoms with van der Waals surface area (Å²) >= 11 is 0. The van der Waals surface area contributed by atoms with Crippen LogP contribution >= 0.6 is 0 Å². The van der Waals surface area contributed by atoms with Gasteiger partial charge >= 0.3 is 0 Å². The molecule has 2 saturated heterocycles. The average Bonchev–Trinajstić information content (AvgIpc) is 2.51. The summed E-state index contributed by atoms with van der Waals surface area (Å²) in [5.74, 6) is -0.625. The van der Waals surface area contributed by atoms with Crippen LogP contribution in [0, 0.1) is 0 Å². The molecule has 0 spiro atoms. The predicted molar refractivity (Wildman–Crippen MR) is 49.5 cm³/mol. The lowest BCUT2D eigenvalue weighted by atomic mass is 10.1. The maximum Gasteiger partial charge on any atom is 0.184 e. The predicted octanol–water partition coefficient (Wildman–Crippen LogP) is 0.800. The van der Waals surface area contributed by atoms with E-state index in [1.54, 1.807) is 6.08 Å². The molecule has 0 aromatic carbocycles. The summed E-state index contributed by atoms with van der Waals surface area (Å²) in [7, 11) is 0. The van der Waals surface area contributed by atoms with Gasteiger partial charge in [-0.05, 0) is 20.3 Å². The number of aliphatic hydroxyl groups is 1. The molecule has 4 nitrogen and oxygen atoms in total. The lowest BCUT2D eigenvalue weighted by Gasteiger charge is -2.21. The van der Waals surface area contributed by atoms with E-state index in [2.05, 4.69) is 6.58 Å². The van der Waals surface area contributed by atoms with Gasteiger partial charge < -0.3 is 19.3 Å². The maximum absolute atomic E-state index is 9.57. The Kier molecular flexibility index (Phi) is 2.39. The number of ether oxygens (including phenoxy) is 3. The Morgan fingerprint density at radius 1 is 1.36 bits per heavy atom. The largest absolute Gasteiger partial charge is 0.366 e. The summed E-state index contributed by atoms with van der Waals surface area (Å²) in [4.78, 5) is 0. The molecular weight excluding hydrogens is 184 g/mol. The Labute approximate surface area is 83.5 Å². The van der Waals surface area contributed by atoms with E-state index < -0.39 is 12.1 Å². The van der Waals surface area contributed by atoms with Gasteiger partial charge in [-0.1, -0.05) is 6.08 Å². The summed E-state index contributed by atoms with van der Waals surface area (Å²) in [6.07, 6.45) is 0.848. The quantitative estimate of drug-likeness (QED) is 0.670. The van der Waals surface area contributed by atoms with Gasteiger partial charge in [-0.15, -0.1) is 6.58 Å². The highest BCUT2D eigenvalue weighted by molar-refractivity contribution is 4.96. The molecule has 2 unspecified atom stereocenters. The van der Waals surface area contributed by atoms with Crippen LogP contribution in [-0.2, 0) is 14.2 Å². The zero-order chi connectivity index (χ0) is 10.3. The summed E-state index contributed by atoms with van der Waals surface area (Å²) < 4.78 is 16.5. The molecule has 0 saturated carbocycles. The number of fused-ring (bicyclic) bond motifs is 1. The van der Waals surface area contributed by atoms with Crippen molar-refractivity contribution < 1.29 is 19.3 Å². The molecule has 0 aromatic heterocycles. The molecule has 0 aliphatic carbocycles. The molecule has 80 valence electrons. The van der Waals surface area contributed by atoms with Crippen molar-refractivity contribution in [1.82, 2.24) is 0 Å². The molecule has 0 bridgehead atoms. The lowest BCUT2D eigenvalue weighted by molar-refractivity contribution is -0.219. The fourth-order valence-electron chi connectivity index (χ4n) is 2.01. The molecule has 1 N–H and O–H groups in total. The van der Waals surface area contributed by atoms with E-state index in [1.807, 2.05) is 13.8 Å². The second-order valence-electron chi connectivity index (χ2n) is 4.15. The number of rotatable bonds is 2. The molecule has 2 heterocycles. The third-order valence-electron chi connectivity index (χ3n) is 2.52. The highest BCUT2D eigenvalue weighted by atomic mass is 16.8. The van der Waals surface area contributed by atoms with Crippen molar-refractivity contribution in [3.63, 3.8) is 0 Å². The fourth-order valence-corrected chi connectivity index (χ4v) is 2.01. The van der Waals surface area contributed by atoms with E-state index >= 15 is 0 Å². The molecular formula is C10H16O4. The van der Waals surface area contributed by atoms with Crippen LogP contribution in [-0.4, -0.2) is 35.5 Å². The van der Waals surface area contributed by atoms with Crippen LogP contribution in [0.5, 0.6) is 0 Å². The van der Waals surface area contributed by atoms with Crippen LogP contribution in [0.15, 0.2) is 12.7 Å². The van der Waals surface area contributed by atoms with Gasteiger partial charge in [-0.25, -0.2) is 0 Å². The van der Waals surface area contributed by atoms with Crippen LogP contribution in [0.3, 0.4) is 0 Å². The highest BCUT2D eigenvalue weighted by Crippen LogP contribution is 2.38. The topological polar surface area (TPSA) is 47.9 Å². The van der Waals surface area contributed by atoms with Gasteiger partial charge in [-0.2, -0.15) is 0 Å². The first-order valence-electron chi connectivity index (χ1n) is 4.83. The van der Waals surface area contributed by atoms with Gasteiger partial charge in [0.2, 0.25) is 0 Å². The Morgan fingerprint density at radius 2 is 2.00 bits per heavy atom. The van der Waals surface area contributed by atoms with E-state index in [-0.39, 0.29) is 18.3 Å². The van der Waals surface area contributed by atoms with Gasteiger partial charge in [0.05, 0.1) is 6.10 Å². The molecule has 4 heteroatoms. The van der Waals surface area contributed by atoms with Crippen molar-refractivity contribution in [3.05, 3.63) is 12.7 Å². The molecule has 0 radical (unpaired) electrons. The Hall–Kier alpha value is -0.420. The smallest absolute Gasteiger partial charge is 0.184 e. The molecule has 14 heavy (non-hydrogen) atoms. The SMILES string of the molecule is C=CCC1OC(O)[C@H]2OC(C)(C)O[C@H]12. The van der Waals surface area contributed by atoms with Crippen LogP contribution in [0.2, 0.25) is 0 Å². The third-order valence-corrected chi connectivity index (χ3v) is 2.52. The molecule has 2 fully saturated rings. The zero-order valence-corrected chi connectivity index (χ0v) is 8.47. The minimum Gasteiger partial charge on any atom is -0.366 e. The third kappa shape index (κ3) is 1.59. The number of hydrogen-bond donors (Lipinski definition) is 1. The van der Waals surface area contributed by atoms with E-state index in [0.717, 1.165) is 0 Å². The Morgan fingerprint density at radius 3 is 2.64 bits per heavy atom. The number of hydrogen-bond acceptors (Lipinski definition) is 4.